The van der Waals surface area contributed by atoms with E-state index in [1.807, 2.05) is 4.68 Å². The number of hydrogen-bond acceptors (Lipinski definition) is 1. The number of benzene rings is 1. The number of aromatic nitrogens is 2. The first-order valence-electron chi connectivity index (χ1n) is 6.25. The number of fused-ring (bicyclic) bond motifs is 1. The molecule has 1 aliphatic carbocycles. The summed E-state index contributed by atoms with van der Waals surface area (Å²) in [6.45, 7) is 2.22. The van der Waals surface area contributed by atoms with Gasteiger partial charge in [-0.15, -0.1) is 0 Å². The summed E-state index contributed by atoms with van der Waals surface area (Å²) in [6, 6.07) is 6.65. The normalized spacial score (nSPS) is 15.9. The quantitative estimate of drug-likeness (QED) is 0.765. The summed E-state index contributed by atoms with van der Waals surface area (Å²) in [6.07, 6.45) is 4.99. The van der Waals surface area contributed by atoms with Gasteiger partial charge in [0, 0.05) is 12.4 Å². The summed E-state index contributed by atoms with van der Waals surface area (Å²) < 4.78 is 2.03. The summed E-state index contributed by atoms with van der Waals surface area (Å²) in [5.74, 6) is 0.809. The van der Waals surface area contributed by atoms with Gasteiger partial charge in [0.1, 0.15) is 0 Å². The Hall–Kier alpha value is -1.31. The Kier molecular flexibility index (Phi) is 2.23. The van der Waals surface area contributed by atoms with Crippen LogP contribution in [0.4, 0.5) is 0 Å². The van der Waals surface area contributed by atoms with Crippen LogP contribution >= 0.6 is 0 Å². The minimum atomic E-state index is 0.809. The van der Waals surface area contributed by atoms with Crippen LogP contribution in [0.3, 0.4) is 0 Å². The zero-order valence-electron chi connectivity index (χ0n) is 10.0. The van der Waals surface area contributed by atoms with Crippen molar-refractivity contribution in [3.63, 3.8) is 0 Å². The Morgan fingerprint density at radius 2 is 2.19 bits per heavy atom. The van der Waals surface area contributed by atoms with E-state index in [-0.39, 0.29) is 0 Å². The topological polar surface area (TPSA) is 17.8 Å². The maximum Gasteiger partial charge on any atom is 0.0706 e. The van der Waals surface area contributed by atoms with E-state index in [2.05, 4.69) is 37.3 Å². The second-order valence-electron chi connectivity index (χ2n) is 4.84. The minimum absolute atomic E-state index is 0.809. The summed E-state index contributed by atoms with van der Waals surface area (Å²) in [4.78, 5) is 0. The summed E-state index contributed by atoms with van der Waals surface area (Å²) >= 11 is 0. The summed E-state index contributed by atoms with van der Waals surface area (Å²) in [7, 11) is 2.05. The van der Waals surface area contributed by atoms with Gasteiger partial charge in [-0.05, 0) is 36.8 Å². The van der Waals surface area contributed by atoms with Crippen LogP contribution in [0.5, 0.6) is 0 Å². The Morgan fingerprint density at radius 1 is 1.38 bits per heavy atom. The lowest BCUT2D eigenvalue weighted by atomic mass is 10.0. The first-order chi connectivity index (χ1) is 7.81. The highest BCUT2D eigenvalue weighted by Gasteiger charge is 2.27. The third-order valence-corrected chi connectivity index (χ3v) is 3.49. The zero-order valence-corrected chi connectivity index (χ0v) is 10.0. The molecule has 0 atom stereocenters. The van der Waals surface area contributed by atoms with Crippen molar-refractivity contribution >= 4 is 10.9 Å². The van der Waals surface area contributed by atoms with E-state index < -0.39 is 0 Å². The second kappa shape index (κ2) is 3.62. The Morgan fingerprint density at radius 3 is 2.88 bits per heavy atom. The number of hydrogen-bond donors (Lipinski definition) is 0. The van der Waals surface area contributed by atoms with E-state index in [0.717, 1.165) is 12.3 Å². The Balaban J connectivity index is 2.25. The largest absolute Gasteiger partial charge is 0.268 e. The van der Waals surface area contributed by atoms with Gasteiger partial charge in [-0.2, -0.15) is 5.10 Å². The lowest BCUT2D eigenvalue weighted by molar-refractivity contribution is 0.753. The van der Waals surface area contributed by atoms with Crippen LogP contribution in [-0.2, 0) is 13.5 Å². The smallest absolute Gasteiger partial charge is 0.0706 e. The first kappa shape index (κ1) is 9.88. The zero-order chi connectivity index (χ0) is 11.1. The van der Waals surface area contributed by atoms with Gasteiger partial charge in [0.25, 0.3) is 0 Å². The van der Waals surface area contributed by atoms with E-state index in [4.69, 9.17) is 0 Å². The fourth-order valence-corrected chi connectivity index (χ4v) is 2.57. The van der Waals surface area contributed by atoms with Crippen LogP contribution in [-0.4, -0.2) is 9.78 Å². The van der Waals surface area contributed by atoms with Crippen LogP contribution < -0.4 is 0 Å². The van der Waals surface area contributed by atoms with Gasteiger partial charge in [-0.3, -0.25) is 4.68 Å². The van der Waals surface area contributed by atoms with Crippen molar-refractivity contribution < 1.29 is 0 Å². The van der Waals surface area contributed by atoms with E-state index in [0.29, 0.717) is 0 Å². The van der Waals surface area contributed by atoms with Gasteiger partial charge in [-0.25, -0.2) is 0 Å². The molecular formula is C14H18N2. The standard InChI is InChI=1S/C14H18N2/c1-3-5-12-14-11(10-8-9-10)6-4-7-13(14)16(2)15-12/h4,6-7,10H,3,5,8-9H2,1-2H3. The molecule has 84 valence electrons. The molecule has 2 nitrogen and oxygen atoms in total. The minimum Gasteiger partial charge on any atom is -0.268 e. The van der Waals surface area contributed by atoms with Crippen molar-refractivity contribution in [3.8, 4) is 0 Å². The maximum atomic E-state index is 4.67. The molecule has 0 spiro atoms. The molecule has 0 bridgehead atoms. The van der Waals surface area contributed by atoms with Crippen molar-refractivity contribution in [2.24, 2.45) is 7.05 Å². The van der Waals surface area contributed by atoms with Crippen LogP contribution in [0.1, 0.15) is 43.4 Å². The molecule has 3 rings (SSSR count). The fraction of sp³-hybridized carbons (Fsp3) is 0.500. The predicted molar refractivity (Wildman–Crippen MR) is 66.7 cm³/mol. The van der Waals surface area contributed by atoms with E-state index >= 15 is 0 Å². The SMILES string of the molecule is CCCc1nn(C)c2cccc(C3CC3)c12. The predicted octanol–water partition coefficient (Wildman–Crippen LogP) is 3.40. The molecule has 1 aliphatic rings. The molecule has 0 N–H and O–H groups in total. The maximum absolute atomic E-state index is 4.67. The van der Waals surface area contributed by atoms with Crippen molar-refractivity contribution in [1.82, 2.24) is 9.78 Å². The molecule has 0 amide bonds. The molecule has 0 radical (unpaired) electrons. The molecule has 16 heavy (non-hydrogen) atoms. The Bertz CT molecular complexity index is 521. The molecule has 1 aromatic carbocycles. The van der Waals surface area contributed by atoms with Crippen molar-refractivity contribution in [1.29, 1.82) is 0 Å². The molecule has 1 aromatic heterocycles. The molecule has 1 saturated carbocycles. The van der Waals surface area contributed by atoms with Gasteiger partial charge in [0.2, 0.25) is 0 Å². The molecule has 2 aromatic rings. The lowest BCUT2D eigenvalue weighted by Gasteiger charge is -2.02. The first-order valence-corrected chi connectivity index (χ1v) is 6.25. The number of rotatable bonds is 3. The van der Waals surface area contributed by atoms with Crippen molar-refractivity contribution in [2.45, 2.75) is 38.5 Å². The lowest BCUT2D eigenvalue weighted by Crippen LogP contribution is -1.91. The molecule has 0 unspecified atom stereocenters. The molecule has 2 heteroatoms. The molecule has 0 aliphatic heterocycles. The number of nitrogens with zero attached hydrogens (tertiary/aromatic N) is 2. The van der Waals surface area contributed by atoms with Gasteiger partial charge >= 0.3 is 0 Å². The Labute approximate surface area is 96.3 Å². The summed E-state index contributed by atoms with van der Waals surface area (Å²) in [5, 5.41) is 6.11. The monoisotopic (exact) mass is 214 g/mol. The van der Waals surface area contributed by atoms with Crippen molar-refractivity contribution in [3.05, 3.63) is 29.5 Å². The van der Waals surface area contributed by atoms with Gasteiger partial charge in [-0.1, -0.05) is 25.5 Å². The fourth-order valence-electron chi connectivity index (χ4n) is 2.57. The highest BCUT2D eigenvalue weighted by molar-refractivity contribution is 5.86. The van der Waals surface area contributed by atoms with Crippen LogP contribution in [0.25, 0.3) is 10.9 Å². The molecule has 0 saturated heterocycles. The van der Waals surface area contributed by atoms with Crippen molar-refractivity contribution in [2.75, 3.05) is 0 Å². The highest BCUT2D eigenvalue weighted by Crippen LogP contribution is 2.43. The van der Waals surface area contributed by atoms with E-state index in [9.17, 15) is 0 Å². The van der Waals surface area contributed by atoms with Gasteiger partial charge in [0.05, 0.1) is 11.2 Å². The van der Waals surface area contributed by atoms with Crippen LogP contribution in [0.2, 0.25) is 0 Å². The molecular weight excluding hydrogens is 196 g/mol. The molecule has 1 fully saturated rings. The van der Waals surface area contributed by atoms with Crippen LogP contribution in [0.15, 0.2) is 18.2 Å². The van der Waals surface area contributed by atoms with E-state index in [1.165, 1.54) is 41.4 Å². The second-order valence-corrected chi connectivity index (χ2v) is 4.84. The highest BCUT2D eigenvalue weighted by atomic mass is 15.3. The average molecular weight is 214 g/mol. The number of aryl methyl sites for hydroxylation is 2. The van der Waals surface area contributed by atoms with Gasteiger partial charge < -0.3 is 0 Å². The van der Waals surface area contributed by atoms with Gasteiger partial charge in [0.15, 0.2) is 0 Å². The third-order valence-electron chi connectivity index (χ3n) is 3.49. The van der Waals surface area contributed by atoms with E-state index in [1.54, 1.807) is 0 Å². The summed E-state index contributed by atoms with van der Waals surface area (Å²) in [5.41, 5.74) is 4.13. The molecule has 1 heterocycles. The third kappa shape index (κ3) is 1.44. The average Bonchev–Trinajstić information content (AvgIpc) is 3.07. The van der Waals surface area contributed by atoms with Crippen LogP contribution in [0, 0.1) is 0 Å².